The van der Waals surface area contributed by atoms with Crippen LogP contribution in [0.25, 0.3) is 309 Å². The van der Waals surface area contributed by atoms with Gasteiger partial charge in [-0.05, 0) is 107 Å². The summed E-state index contributed by atoms with van der Waals surface area (Å²) in [4.78, 5) is 56.6. The van der Waals surface area contributed by atoms with Crippen LogP contribution in [-0.4, -0.2) is 68.5 Å². The number of hydrogen-bond acceptors (Lipinski definition) is 14. The van der Waals surface area contributed by atoms with E-state index in [4.69, 9.17) is 44.9 Å². The molecule has 0 bridgehead atoms. The van der Waals surface area contributed by atoms with Crippen LogP contribution < -0.4 is 0 Å². The van der Waals surface area contributed by atoms with Crippen LogP contribution in [0.15, 0.2) is 462 Å². The first-order valence-corrected chi connectivity index (χ1v) is 52.5. The van der Waals surface area contributed by atoms with Gasteiger partial charge in [0.15, 0.2) is 0 Å². The van der Waals surface area contributed by atoms with Gasteiger partial charge in [0.1, 0.15) is 0 Å². The van der Waals surface area contributed by atoms with E-state index in [9.17, 15) is 0 Å². The summed E-state index contributed by atoms with van der Waals surface area (Å²) in [5, 5.41) is 28.1. The van der Waals surface area contributed by atoms with Gasteiger partial charge in [-0.25, -0.2) is 44.9 Å². The highest BCUT2D eigenvalue weighted by atomic mass is 32.1. The Labute approximate surface area is 866 Å². The highest BCUT2D eigenvalue weighted by Gasteiger charge is 2.28. The number of para-hydroxylation sites is 4. The number of fused-ring (bicyclic) bond motifs is 33. The first-order valence-electron chi connectivity index (χ1n) is 50.1. The zero-order chi connectivity index (χ0) is 98.3. The second-order valence-electron chi connectivity index (χ2n) is 38.1. The number of hydrogen-bond donors (Lipinski definition) is 0. The lowest BCUT2D eigenvalue weighted by molar-refractivity contribution is 1.01. The summed E-state index contributed by atoms with van der Waals surface area (Å²) < 4.78 is 14.3. The third-order valence-electron chi connectivity index (χ3n) is 29.8. The Hall–Kier alpha value is -19.4. The molecule has 0 fully saturated rings. The monoisotopic (exact) mass is 1960 g/mol. The van der Waals surface area contributed by atoms with Gasteiger partial charge in [-0.1, -0.05) is 346 Å². The second-order valence-corrected chi connectivity index (χ2v) is 41.2. The number of nitrogens with zero attached hydrogens (tertiary/aromatic N) is 14. The molecule has 17 heteroatoms. The summed E-state index contributed by atoms with van der Waals surface area (Å²) in [7, 11) is 0. The SMILES string of the molecule is c1ccc(-c2nc(-n3c4ccccc4c4ccc(-c5nc6ccc7c8ccccc8sc7c6c6ccccc56)cc43)nc3ccccc23)cc1.c1ccc(-c2nc(-n3c4ccncc4c4ccc(-c5nc6ccc7c8ccccc8sc7c6c6ccccc56)cc43)nc3ccccc23)cc1.c1ccc(-c2nc(-n3c4cnccc4c4ccc(-c5nc6ccc7c8ccccc8sc7c6c6ccccc56)cc43)nc3ccccc23)cc1. The van der Waals surface area contributed by atoms with Gasteiger partial charge in [-0.15, -0.1) is 34.0 Å². The molecule has 0 atom stereocenters. The third-order valence-corrected chi connectivity index (χ3v) is 33.4. The quantitative estimate of drug-likeness (QED) is 0.127. The number of aromatic nitrogens is 14. The molecule has 14 aromatic heterocycles. The molecule has 0 aliphatic rings. The summed E-state index contributed by atoms with van der Waals surface area (Å²) in [5.74, 6) is 1.87. The van der Waals surface area contributed by atoms with Crippen LogP contribution in [0.2, 0.25) is 0 Å². The Morgan fingerprint density at radius 1 is 0.153 bits per heavy atom. The molecule has 0 amide bonds. The van der Waals surface area contributed by atoms with Crippen molar-refractivity contribution >= 4 is 258 Å². The predicted molar refractivity (Wildman–Crippen MR) is 627 cm³/mol. The standard InChI is InChI=1S/C45H26N4S.2C44H25N5S/c1-2-12-27(13-3-1)42-35-18-6-9-19-36(35)47-45(48-42)49-38-20-10-7-14-29(38)30-23-22-28(26-39(30)49)43-33-17-5-4-16-32(33)41-37(46-43)25-24-34-31-15-8-11-21-40(31)50-44(34)41;1-2-10-26(11-3-1)41-34-15-6-8-16-35(34)47-44(48-41)49-37-24-27(18-19-28(37)29-22-23-45-25-38(29)49)42-32-14-5-4-13-31(32)40-36(46-42)21-20-33-30-12-7-9-17-39(30)50-43(33)40;1-2-10-26(11-3-1)41-33-15-6-8-16-35(33)47-44(48-41)49-37-22-23-45-25-34(37)28-19-18-27(24-38(28)49)42-31-14-5-4-13-30(31)40-36(46-42)21-20-32-29-12-7-9-17-39(29)50-43(32)40/h1-26H;2*1-25H. The minimum Gasteiger partial charge on any atom is -0.278 e. The van der Waals surface area contributed by atoms with Gasteiger partial charge in [-0.3, -0.25) is 23.7 Å². The fourth-order valence-electron chi connectivity index (χ4n) is 23.1. The first-order chi connectivity index (χ1) is 74.4. The Bertz CT molecular complexity index is 10500. The van der Waals surface area contributed by atoms with Gasteiger partial charge in [-0.2, -0.15) is 0 Å². The van der Waals surface area contributed by atoms with Crippen molar-refractivity contribution in [2.45, 2.75) is 0 Å². The maximum Gasteiger partial charge on any atom is 0.235 e. The lowest BCUT2D eigenvalue weighted by atomic mass is 9.98. The molecule has 150 heavy (non-hydrogen) atoms. The smallest absolute Gasteiger partial charge is 0.235 e. The summed E-state index contributed by atoms with van der Waals surface area (Å²) in [6.45, 7) is 0. The molecule has 0 aliphatic heterocycles. The third kappa shape index (κ3) is 13.4. The van der Waals surface area contributed by atoms with E-state index in [1.54, 1.807) is 0 Å². The minimum absolute atomic E-state index is 0.608. The first kappa shape index (κ1) is 85.0. The molecule has 0 spiro atoms. The maximum absolute atomic E-state index is 5.42. The van der Waals surface area contributed by atoms with Gasteiger partial charge >= 0.3 is 0 Å². The molecule has 0 saturated carbocycles. The number of thiophene rings is 3. The normalized spacial score (nSPS) is 12.0. The van der Waals surface area contributed by atoms with Gasteiger partial charge in [0.05, 0.1) is 107 Å². The minimum atomic E-state index is 0.608. The van der Waals surface area contributed by atoms with E-state index in [1.807, 2.05) is 107 Å². The average molecular weight is 1970 g/mol. The van der Waals surface area contributed by atoms with E-state index < -0.39 is 0 Å². The van der Waals surface area contributed by atoms with Gasteiger partial charge in [0.2, 0.25) is 17.8 Å². The Morgan fingerprint density at radius 3 is 0.813 bits per heavy atom. The lowest BCUT2D eigenvalue weighted by Gasteiger charge is -2.13. The zero-order valence-electron chi connectivity index (χ0n) is 79.9. The summed E-state index contributed by atoms with van der Waals surface area (Å²) in [5.41, 5.74) is 23.7. The fraction of sp³-hybridized carbons (Fsp3) is 0. The van der Waals surface area contributed by atoms with E-state index in [-0.39, 0.29) is 0 Å². The van der Waals surface area contributed by atoms with Crippen LogP contribution in [0.4, 0.5) is 0 Å². The lowest BCUT2D eigenvalue weighted by Crippen LogP contribution is -2.03. The van der Waals surface area contributed by atoms with Gasteiger partial charge in [0, 0.05) is 193 Å². The molecule has 33 aromatic rings. The maximum atomic E-state index is 5.42. The van der Waals surface area contributed by atoms with E-state index in [0.29, 0.717) is 17.8 Å². The molecule has 0 radical (unpaired) electrons. The molecule has 0 saturated heterocycles. The number of benzene rings is 19. The molecule has 0 unspecified atom stereocenters. The van der Waals surface area contributed by atoms with Crippen LogP contribution in [0.3, 0.4) is 0 Å². The van der Waals surface area contributed by atoms with Crippen molar-refractivity contribution < 1.29 is 0 Å². The Kier molecular flexibility index (Phi) is 19.3. The van der Waals surface area contributed by atoms with Crippen LogP contribution in [-0.2, 0) is 0 Å². The molecule has 19 aromatic carbocycles. The molecule has 0 aliphatic carbocycles. The molecular weight excluding hydrogens is 1890 g/mol. The van der Waals surface area contributed by atoms with E-state index in [2.05, 4.69) is 412 Å². The second kappa shape index (κ2) is 34.1. The largest absolute Gasteiger partial charge is 0.278 e. The average Bonchev–Trinajstić information content (AvgIpc) is 1.65. The van der Waals surface area contributed by atoms with Crippen LogP contribution in [0, 0.1) is 0 Å². The van der Waals surface area contributed by atoms with Crippen molar-refractivity contribution in [3.05, 3.63) is 462 Å². The Morgan fingerprint density at radius 2 is 0.427 bits per heavy atom. The topological polar surface area (TPSA) is 157 Å². The molecule has 14 nitrogen and oxygen atoms in total. The van der Waals surface area contributed by atoms with Crippen molar-refractivity contribution in [2.24, 2.45) is 0 Å². The number of rotatable bonds is 9. The number of pyridine rings is 5. The summed E-state index contributed by atoms with van der Waals surface area (Å²) in [6.07, 6.45) is 7.54. The van der Waals surface area contributed by atoms with E-state index in [0.717, 1.165) is 198 Å². The molecule has 0 N–H and O–H groups in total. The van der Waals surface area contributed by atoms with Crippen molar-refractivity contribution in [1.29, 1.82) is 0 Å². The highest BCUT2D eigenvalue weighted by Crippen LogP contribution is 2.50. The van der Waals surface area contributed by atoms with Gasteiger partial charge < -0.3 is 0 Å². The molecular formula is C133H76N14S3. The van der Waals surface area contributed by atoms with Crippen molar-refractivity contribution in [1.82, 2.24) is 68.5 Å². The molecule has 33 rings (SSSR count). The molecule has 14 heterocycles. The van der Waals surface area contributed by atoms with Crippen LogP contribution >= 0.6 is 34.0 Å². The van der Waals surface area contributed by atoms with Crippen LogP contribution in [0.5, 0.6) is 0 Å². The Balaban J connectivity index is 0.000000101. The van der Waals surface area contributed by atoms with E-state index in [1.165, 1.54) is 92.8 Å². The predicted octanol–water partition coefficient (Wildman–Crippen LogP) is 35.2. The van der Waals surface area contributed by atoms with Crippen molar-refractivity contribution in [3.63, 3.8) is 0 Å². The van der Waals surface area contributed by atoms with Crippen molar-refractivity contribution in [2.75, 3.05) is 0 Å². The summed E-state index contributed by atoms with van der Waals surface area (Å²) >= 11 is 5.55. The summed E-state index contributed by atoms with van der Waals surface area (Å²) in [6, 6.07) is 154. The fourth-order valence-corrected chi connectivity index (χ4v) is 26.8. The van der Waals surface area contributed by atoms with Gasteiger partial charge in [0.25, 0.3) is 0 Å². The zero-order valence-corrected chi connectivity index (χ0v) is 82.3. The highest BCUT2D eigenvalue weighted by molar-refractivity contribution is 7.27. The molecule has 696 valence electrons. The van der Waals surface area contributed by atoms with E-state index >= 15 is 0 Å². The van der Waals surface area contributed by atoms with Crippen LogP contribution in [0.1, 0.15) is 0 Å². The van der Waals surface area contributed by atoms with Crippen molar-refractivity contribution in [3.8, 4) is 85.4 Å².